The predicted molar refractivity (Wildman–Crippen MR) is 220 cm³/mol. The molecule has 8 aromatic rings. The Balaban J connectivity index is 1.02. The molecule has 54 heavy (non-hydrogen) atoms. The van der Waals surface area contributed by atoms with Gasteiger partial charge in [0.1, 0.15) is 17.4 Å². The van der Waals surface area contributed by atoms with E-state index in [1.165, 1.54) is 50.1 Å². The van der Waals surface area contributed by atoms with E-state index in [2.05, 4.69) is 180 Å². The Morgan fingerprint density at radius 3 is 1.87 bits per heavy atom. The minimum absolute atomic E-state index is 0.0943. The standard InChI is InChI=1S/C50H35N3O/c1-52-47-27-24-38(32-53(47)49-48(52)43-16-8-9-17-46(43)54-49)34-20-18-33(19-21-34)35-22-25-41-42-26-23-36(37-11-10-28-51-31-37)30-45(42)50(44(41)29-35,39-12-4-2-5-13-39)40-14-6-3-7-15-40/h2-32,47H,1H3. The molecular formula is C50H35N3O. The molecule has 0 saturated carbocycles. The first-order valence-corrected chi connectivity index (χ1v) is 18.5. The van der Waals surface area contributed by atoms with Gasteiger partial charge in [-0.15, -0.1) is 0 Å². The molecule has 2 aliphatic heterocycles. The van der Waals surface area contributed by atoms with Crippen LogP contribution in [0.25, 0.3) is 49.9 Å². The molecule has 2 aromatic heterocycles. The Hall–Kier alpha value is -6.91. The van der Waals surface area contributed by atoms with Crippen LogP contribution in [0.15, 0.2) is 193 Å². The number of nitrogens with zero attached hydrogens (tertiary/aromatic N) is 3. The summed E-state index contributed by atoms with van der Waals surface area (Å²) in [5, 5.41) is 1.15. The van der Waals surface area contributed by atoms with Gasteiger partial charge in [-0.3, -0.25) is 9.88 Å². The fourth-order valence-corrected chi connectivity index (χ4v) is 9.12. The Bertz CT molecular complexity index is 2740. The van der Waals surface area contributed by atoms with Crippen LogP contribution in [0.5, 0.6) is 0 Å². The van der Waals surface area contributed by atoms with Crippen LogP contribution in [0.3, 0.4) is 0 Å². The highest BCUT2D eigenvalue weighted by molar-refractivity contribution is 6.02. The molecule has 1 unspecified atom stereocenters. The molecule has 0 radical (unpaired) electrons. The van der Waals surface area contributed by atoms with Gasteiger partial charge in [-0.1, -0.05) is 133 Å². The second-order valence-corrected chi connectivity index (χ2v) is 14.4. The normalized spacial score (nSPS) is 16.2. The summed E-state index contributed by atoms with van der Waals surface area (Å²) in [6.07, 6.45) is 10.6. The third-order valence-electron chi connectivity index (χ3n) is 11.6. The molecule has 6 aromatic carbocycles. The van der Waals surface area contributed by atoms with Crippen LogP contribution >= 0.6 is 0 Å². The van der Waals surface area contributed by atoms with Crippen molar-refractivity contribution < 1.29 is 4.42 Å². The van der Waals surface area contributed by atoms with Gasteiger partial charge in [-0.05, 0) is 103 Å². The van der Waals surface area contributed by atoms with Crippen molar-refractivity contribution in [3.8, 4) is 33.4 Å². The van der Waals surface area contributed by atoms with Gasteiger partial charge in [0.25, 0.3) is 0 Å². The quantitative estimate of drug-likeness (QED) is 0.180. The van der Waals surface area contributed by atoms with Gasteiger partial charge in [-0.2, -0.15) is 0 Å². The fourth-order valence-electron chi connectivity index (χ4n) is 9.12. The van der Waals surface area contributed by atoms with Crippen molar-refractivity contribution >= 4 is 28.1 Å². The fraction of sp³-hybridized carbons (Fsp3) is 0.0600. The van der Waals surface area contributed by atoms with Crippen molar-refractivity contribution in [1.82, 2.24) is 4.98 Å². The van der Waals surface area contributed by atoms with Gasteiger partial charge < -0.3 is 9.32 Å². The smallest absolute Gasteiger partial charge is 0.226 e. The third-order valence-corrected chi connectivity index (χ3v) is 11.6. The van der Waals surface area contributed by atoms with E-state index >= 15 is 0 Å². The minimum atomic E-state index is -0.506. The number of pyridine rings is 1. The summed E-state index contributed by atoms with van der Waals surface area (Å²) in [7, 11) is 2.14. The topological polar surface area (TPSA) is 32.5 Å². The van der Waals surface area contributed by atoms with Crippen LogP contribution in [0.4, 0.5) is 11.6 Å². The largest absolute Gasteiger partial charge is 0.438 e. The highest BCUT2D eigenvalue weighted by atomic mass is 16.4. The maximum Gasteiger partial charge on any atom is 0.226 e. The molecule has 3 aliphatic rings. The molecule has 256 valence electrons. The number of benzene rings is 6. The molecule has 11 rings (SSSR count). The maximum atomic E-state index is 6.38. The molecule has 0 amide bonds. The van der Waals surface area contributed by atoms with Crippen LogP contribution < -0.4 is 9.80 Å². The van der Waals surface area contributed by atoms with E-state index < -0.39 is 5.41 Å². The summed E-state index contributed by atoms with van der Waals surface area (Å²) in [6.45, 7) is 0. The van der Waals surface area contributed by atoms with Crippen LogP contribution in [-0.2, 0) is 5.41 Å². The van der Waals surface area contributed by atoms with Gasteiger partial charge in [0.05, 0.1) is 5.41 Å². The zero-order chi connectivity index (χ0) is 35.8. The summed E-state index contributed by atoms with van der Waals surface area (Å²) < 4.78 is 6.38. The lowest BCUT2D eigenvalue weighted by molar-refractivity contribution is 0.604. The Morgan fingerprint density at radius 2 is 1.20 bits per heavy atom. The number of likely N-dealkylation sites (N-methyl/N-ethyl adjacent to an activating group) is 1. The zero-order valence-corrected chi connectivity index (χ0v) is 29.7. The number of aromatic nitrogens is 1. The molecule has 0 saturated heterocycles. The Kier molecular flexibility index (Phi) is 6.71. The Labute approximate surface area is 314 Å². The van der Waals surface area contributed by atoms with Crippen molar-refractivity contribution in [2.75, 3.05) is 16.8 Å². The number of furan rings is 1. The second kappa shape index (κ2) is 11.8. The highest BCUT2D eigenvalue weighted by Crippen LogP contribution is 2.57. The van der Waals surface area contributed by atoms with Crippen LogP contribution in [-0.4, -0.2) is 18.2 Å². The first-order valence-electron chi connectivity index (χ1n) is 18.5. The molecule has 1 aliphatic carbocycles. The van der Waals surface area contributed by atoms with Gasteiger partial charge in [-0.25, -0.2) is 0 Å². The molecule has 1 atom stereocenters. The monoisotopic (exact) mass is 693 g/mol. The number of para-hydroxylation sites is 1. The van der Waals surface area contributed by atoms with Crippen LogP contribution in [0.2, 0.25) is 0 Å². The van der Waals surface area contributed by atoms with E-state index in [0.29, 0.717) is 0 Å². The average molecular weight is 694 g/mol. The van der Waals surface area contributed by atoms with Gasteiger partial charge in [0.2, 0.25) is 5.88 Å². The third kappa shape index (κ3) is 4.40. The summed E-state index contributed by atoms with van der Waals surface area (Å²) in [6, 6.07) is 57.4. The van der Waals surface area contributed by atoms with E-state index in [1.54, 1.807) is 0 Å². The number of anilines is 2. The zero-order valence-electron chi connectivity index (χ0n) is 29.7. The van der Waals surface area contributed by atoms with E-state index in [1.807, 2.05) is 30.6 Å². The van der Waals surface area contributed by atoms with Gasteiger partial charge in [0, 0.05) is 31.0 Å². The highest BCUT2D eigenvalue weighted by Gasteiger charge is 2.46. The molecule has 4 nitrogen and oxygen atoms in total. The predicted octanol–water partition coefficient (Wildman–Crippen LogP) is 11.7. The number of rotatable bonds is 5. The Morgan fingerprint density at radius 1 is 0.593 bits per heavy atom. The van der Waals surface area contributed by atoms with Gasteiger partial charge >= 0.3 is 0 Å². The van der Waals surface area contributed by atoms with E-state index in [9.17, 15) is 0 Å². The van der Waals surface area contributed by atoms with E-state index in [4.69, 9.17) is 4.42 Å². The molecule has 4 heteroatoms. The summed E-state index contributed by atoms with van der Waals surface area (Å²) in [5.74, 6) is 0.897. The number of fused-ring (bicyclic) bond motifs is 8. The van der Waals surface area contributed by atoms with E-state index in [0.717, 1.165) is 39.2 Å². The summed E-state index contributed by atoms with van der Waals surface area (Å²) in [4.78, 5) is 9.00. The van der Waals surface area contributed by atoms with Crippen molar-refractivity contribution in [2.45, 2.75) is 11.6 Å². The van der Waals surface area contributed by atoms with Crippen molar-refractivity contribution in [1.29, 1.82) is 0 Å². The molecule has 0 bridgehead atoms. The minimum Gasteiger partial charge on any atom is -0.438 e. The number of hydrogen-bond acceptors (Lipinski definition) is 4. The maximum absolute atomic E-state index is 6.38. The van der Waals surface area contributed by atoms with Gasteiger partial charge in [0.15, 0.2) is 0 Å². The van der Waals surface area contributed by atoms with Crippen LogP contribution in [0.1, 0.15) is 27.8 Å². The van der Waals surface area contributed by atoms with Crippen LogP contribution in [0, 0.1) is 0 Å². The molecular weight excluding hydrogens is 659 g/mol. The lowest BCUT2D eigenvalue weighted by atomic mass is 9.67. The van der Waals surface area contributed by atoms with Crippen molar-refractivity contribution in [3.05, 3.63) is 216 Å². The first-order chi connectivity index (χ1) is 26.7. The number of allylic oxidation sites excluding steroid dienone is 2. The first kappa shape index (κ1) is 30.7. The molecule has 0 N–H and O–H groups in total. The molecule has 0 spiro atoms. The number of hydrogen-bond donors (Lipinski definition) is 0. The summed E-state index contributed by atoms with van der Waals surface area (Å²) in [5.41, 5.74) is 16.1. The molecule has 0 fully saturated rings. The van der Waals surface area contributed by atoms with E-state index in [-0.39, 0.29) is 6.17 Å². The SMILES string of the molecule is CN1c2c(oc3ccccc23)N2C=C(c3ccc(-c4ccc5c(c4)C(c4ccccc4)(c4ccccc4)c4cc(-c6cccnc6)ccc4-5)cc3)C=CC12. The molecule has 4 heterocycles. The second-order valence-electron chi connectivity index (χ2n) is 14.4. The van der Waals surface area contributed by atoms with Crippen molar-refractivity contribution in [2.24, 2.45) is 0 Å². The average Bonchev–Trinajstić information content (AvgIpc) is 3.87. The van der Waals surface area contributed by atoms with Crippen molar-refractivity contribution in [3.63, 3.8) is 0 Å². The lowest BCUT2D eigenvalue weighted by Gasteiger charge is -2.34. The lowest BCUT2D eigenvalue weighted by Crippen LogP contribution is -2.38. The summed E-state index contributed by atoms with van der Waals surface area (Å²) >= 11 is 0.